The number of aliphatic hydroxyl groups excluding tert-OH is 1. The minimum atomic E-state index is -6.61. The third kappa shape index (κ3) is 3.38. The molecule has 0 unspecified atom stereocenters. The Labute approximate surface area is 123 Å². The van der Waals surface area contributed by atoms with E-state index in [9.17, 15) is 39.9 Å². The topological polar surface area (TPSA) is 49.3 Å². The first-order valence-corrected chi connectivity index (χ1v) is 5.81. The lowest BCUT2D eigenvalue weighted by Crippen LogP contribution is -2.65. The molecule has 0 heterocycles. The maximum absolute atomic E-state index is 13.3. The number of benzene rings is 1. The first-order chi connectivity index (χ1) is 10.4. The summed E-state index contributed by atoms with van der Waals surface area (Å²) in [5, 5.41) is 9.91. The third-order valence-corrected chi connectivity index (χ3v) is 2.76. The Kier molecular flexibility index (Phi) is 5.24. The summed E-state index contributed by atoms with van der Waals surface area (Å²) in [6.07, 6.45) is -8.93. The number of carbonyl (C=O) groups excluding carboxylic acids is 1. The van der Waals surface area contributed by atoms with Crippen molar-refractivity contribution in [3.63, 3.8) is 0 Å². The van der Waals surface area contributed by atoms with E-state index in [4.69, 9.17) is 5.11 Å². The molecule has 0 aliphatic carbocycles. The van der Waals surface area contributed by atoms with Crippen LogP contribution in [0, 0.1) is 0 Å². The lowest BCUT2D eigenvalue weighted by atomic mass is 10.0. The molecule has 0 spiro atoms. The Morgan fingerprint density at radius 1 is 0.957 bits per heavy atom. The number of carbonyl (C=O) groups is 1. The third-order valence-electron chi connectivity index (χ3n) is 2.76. The molecule has 0 bridgehead atoms. The second kappa shape index (κ2) is 6.30. The quantitative estimate of drug-likeness (QED) is 0.612. The largest absolute Gasteiger partial charge is 0.382 e. The van der Waals surface area contributed by atoms with Crippen LogP contribution in [0.2, 0.25) is 0 Å². The highest BCUT2D eigenvalue weighted by Gasteiger charge is 2.77. The molecule has 0 radical (unpaired) electrons. The number of hydrogen-bond acceptors (Lipinski definition) is 2. The lowest BCUT2D eigenvalue weighted by molar-refractivity contribution is -0.357. The van der Waals surface area contributed by atoms with E-state index in [0.717, 1.165) is 17.4 Å². The Morgan fingerprint density at radius 2 is 1.43 bits per heavy atom. The Balaban J connectivity index is 3.01. The fraction of sp³-hybridized carbons (Fsp3) is 0.417. The molecule has 1 aromatic carbocycles. The summed E-state index contributed by atoms with van der Waals surface area (Å²) in [6.45, 7) is 0. The number of alkyl halides is 8. The van der Waals surface area contributed by atoms with Gasteiger partial charge in [-0.15, -0.1) is 0 Å². The van der Waals surface area contributed by atoms with Crippen molar-refractivity contribution in [3.8, 4) is 0 Å². The summed E-state index contributed by atoms with van der Waals surface area (Å²) in [6, 6.07) is 6.04. The number of aliphatic hydroxyl groups is 1. The van der Waals surface area contributed by atoms with Crippen molar-refractivity contribution in [1.29, 1.82) is 0 Å². The van der Waals surface area contributed by atoms with E-state index < -0.39 is 36.3 Å². The molecule has 3 nitrogen and oxygen atoms in total. The minimum Gasteiger partial charge on any atom is -0.368 e. The SMILES string of the molecule is O=C(N[C@@H](O)C(F)(F)C(F)(F)C(F)(F)C(F)F)c1ccccc1. The van der Waals surface area contributed by atoms with E-state index in [2.05, 4.69) is 0 Å². The summed E-state index contributed by atoms with van der Waals surface area (Å²) in [5.41, 5.74) is -0.355. The van der Waals surface area contributed by atoms with Crippen LogP contribution in [0.5, 0.6) is 0 Å². The van der Waals surface area contributed by atoms with Crippen LogP contribution in [-0.2, 0) is 0 Å². The Morgan fingerprint density at radius 3 is 1.87 bits per heavy atom. The van der Waals surface area contributed by atoms with Crippen molar-refractivity contribution in [2.45, 2.75) is 30.4 Å². The number of hydrogen-bond donors (Lipinski definition) is 2. The fourth-order valence-electron chi connectivity index (χ4n) is 1.42. The molecule has 0 saturated carbocycles. The first-order valence-electron chi connectivity index (χ1n) is 5.81. The number of halogens is 8. The van der Waals surface area contributed by atoms with Crippen molar-refractivity contribution in [2.75, 3.05) is 0 Å². The second-order valence-corrected chi connectivity index (χ2v) is 4.36. The van der Waals surface area contributed by atoms with Gasteiger partial charge in [0.2, 0.25) is 0 Å². The summed E-state index contributed by atoms with van der Waals surface area (Å²) in [4.78, 5) is 11.4. The molecule has 1 amide bonds. The van der Waals surface area contributed by atoms with E-state index in [-0.39, 0.29) is 5.56 Å². The molecular formula is C12H9F8NO2. The second-order valence-electron chi connectivity index (χ2n) is 4.36. The van der Waals surface area contributed by atoms with E-state index in [0.29, 0.717) is 0 Å². The van der Waals surface area contributed by atoms with E-state index in [1.165, 1.54) is 18.2 Å². The molecule has 2 N–H and O–H groups in total. The number of amides is 1. The maximum Gasteiger partial charge on any atom is 0.382 e. The van der Waals surface area contributed by atoms with Gasteiger partial charge in [0.1, 0.15) is 0 Å². The molecule has 0 fully saturated rings. The van der Waals surface area contributed by atoms with Crippen LogP contribution in [0.15, 0.2) is 30.3 Å². The van der Waals surface area contributed by atoms with Crippen LogP contribution in [0.4, 0.5) is 35.1 Å². The van der Waals surface area contributed by atoms with Crippen LogP contribution in [0.1, 0.15) is 10.4 Å². The zero-order valence-corrected chi connectivity index (χ0v) is 10.9. The summed E-state index contributed by atoms with van der Waals surface area (Å²) in [7, 11) is 0. The van der Waals surface area contributed by atoms with Crippen molar-refractivity contribution >= 4 is 5.91 Å². The average molecular weight is 351 g/mol. The predicted molar refractivity (Wildman–Crippen MR) is 60.8 cm³/mol. The monoisotopic (exact) mass is 351 g/mol. The number of nitrogens with one attached hydrogen (secondary N) is 1. The van der Waals surface area contributed by atoms with Crippen molar-refractivity contribution < 1.29 is 45.0 Å². The van der Waals surface area contributed by atoms with Crippen LogP contribution in [-0.4, -0.2) is 41.4 Å². The highest BCUT2D eigenvalue weighted by molar-refractivity contribution is 5.94. The summed E-state index contributed by atoms with van der Waals surface area (Å²) >= 11 is 0. The van der Waals surface area contributed by atoms with Gasteiger partial charge in [0.05, 0.1) is 0 Å². The van der Waals surface area contributed by atoms with Crippen molar-refractivity contribution in [3.05, 3.63) is 35.9 Å². The first kappa shape index (κ1) is 19.1. The predicted octanol–water partition coefficient (Wildman–Crippen LogP) is 2.91. The van der Waals surface area contributed by atoms with E-state index in [1.807, 2.05) is 0 Å². The van der Waals surface area contributed by atoms with Gasteiger partial charge in [0.25, 0.3) is 5.91 Å². The molecular weight excluding hydrogens is 342 g/mol. The van der Waals surface area contributed by atoms with Crippen molar-refractivity contribution in [2.24, 2.45) is 0 Å². The van der Waals surface area contributed by atoms with Gasteiger partial charge in [0.15, 0.2) is 6.23 Å². The van der Waals surface area contributed by atoms with Gasteiger partial charge in [-0.2, -0.15) is 26.3 Å². The van der Waals surface area contributed by atoms with Crippen molar-refractivity contribution in [1.82, 2.24) is 5.32 Å². The Bertz CT molecular complexity index is 549. The molecule has 1 atom stereocenters. The zero-order chi connectivity index (χ0) is 18.1. The van der Waals surface area contributed by atoms with Crippen LogP contribution < -0.4 is 5.32 Å². The normalized spacial score (nSPS) is 14.7. The van der Waals surface area contributed by atoms with Gasteiger partial charge in [0, 0.05) is 5.56 Å². The molecule has 130 valence electrons. The Hall–Kier alpha value is -1.91. The minimum absolute atomic E-state index is 0.355. The van der Waals surface area contributed by atoms with Gasteiger partial charge in [-0.05, 0) is 12.1 Å². The van der Waals surface area contributed by atoms with E-state index in [1.54, 1.807) is 0 Å². The van der Waals surface area contributed by atoms with Gasteiger partial charge >= 0.3 is 24.2 Å². The van der Waals surface area contributed by atoms with Crippen LogP contribution >= 0.6 is 0 Å². The number of rotatable bonds is 6. The fourth-order valence-corrected chi connectivity index (χ4v) is 1.42. The molecule has 0 saturated heterocycles. The molecule has 0 aliphatic rings. The highest BCUT2D eigenvalue weighted by Crippen LogP contribution is 2.49. The standard InChI is InChI=1S/C12H9F8NO2/c13-8(14)10(15,16)12(19,20)11(17,18)9(23)21-7(22)6-4-2-1-3-5-6/h1-5,8-9,23H,(H,21,22)/t9-/m0/s1. The molecule has 0 aromatic heterocycles. The average Bonchev–Trinajstić information content (AvgIpc) is 2.47. The van der Waals surface area contributed by atoms with Gasteiger partial charge in [-0.3, -0.25) is 4.79 Å². The van der Waals surface area contributed by atoms with Gasteiger partial charge in [-0.25, -0.2) is 8.78 Å². The molecule has 1 aromatic rings. The smallest absolute Gasteiger partial charge is 0.368 e. The summed E-state index contributed by atoms with van der Waals surface area (Å²) in [5.74, 6) is -20.6. The van der Waals surface area contributed by atoms with Gasteiger partial charge < -0.3 is 10.4 Å². The van der Waals surface area contributed by atoms with Gasteiger partial charge in [-0.1, -0.05) is 18.2 Å². The van der Waals surface area contributed by atoms with Crippen LogP contribution in [0.3, 0.4) is 0 Å². The maximum atomic E-state index is 13.3. The molecule has 1 rings (SSSR count). The summed E-state index contributed by atoms with van der Waals surface area (Å²) < 4.78 is 102. The highest BCUT2D eigenvalue weighted by atomic mass is 19.4. The lowest BCUT2D eigenvalue weighted by Gasteiger charge is -2.34. The van der Waals surface area contributed by atoms with E-state index >= 15 is 0 Å². The zero-order valence-electron chi connectivity index (χ0n) is 10.9. The molecule has 11 heteroatoms. The molecule has 0 aliphatic heterocycles. The molecule has 23 heavy (non-hydrogen) atoms. The van der Waals surface area contributed by atoms with Crippen LogP contribution in [0.25, 0.3) is 0 Å².